The molecule has 1 unspecified atom stereocenters. The molecule has 0 aromatic heterocycles. The summed E-state index contributed by atoms with van der Waals surface area (Å²) in [6.07, 6.45) is -0.449. The van der Waals surface area contributed by atoms with Gasteiger partial charge in [-0.3, -0.25) is 4.79 Å². The van der Waals surface area contributed by atoms with Crippen LogP contribution in [0.3, 0.4) is 0 Å². The maximum atomic E-state index is 10.9. The van der Waals surface area contributed by atoms with Crippen molar-refractivity contribution in [1.29, 1.82) is 0 Å². The number of aliphatic hydroxyl groups is 1. The molecule has 4 nitrogen and oxygen atoms in total. The van der Waals surface area contributed by atoms with Gasteiger partial charge in [0, 0.05) is 6.54 Å². The topological polar surface area (TPSA) is 58.6 Å². The lowest BCUT2D eigenvalue weighted by Gasteiger charge is -2.09. The van der Waals surface area contributed by atoms with Crippen LogP contribution in [-0.4, -0.2) is 36.4 Å². The zero-order chi connectivity index (χ0) is 9.56. The highest BCUT2D eigenvalue weighted by atomic mass is 16.5. The molecule has 2 N–H and O–H groups in total. The van der Waals surface area contributed by atoms with Gasteiger partial charge in [0.25, 0.3) is 0 Å². The Labute approximate surface area is 72.9 Å². The molecule has 0 rings (SSSR count). The number of aliphatic hydroxyl groups excluding tert-OH is 1. The second-order valence-corrected chi connectivity index (χ2v) is 3.01. The summed E-state index contributed by atoms with van der Waals surface area (Å²) in [5, 5.41) is 11.3. The molecule has 1 amide bonds. The van der Waals surface area contributed by atoms with Gasteiger partial charge < -0.3 is 15.2 Å². The van der Waals surface area contributed by atoms with E-state index in [-0.39, 0.29) is 25.2 Å². The molecule has 0 saturated heterocycles. The first-order chi connectivity index (χ1) is 5.52. The summed E-state index contributed by atoms with van der Waals surface area (Å²) in [4.78, 5) is 10.9. The quantitative estimate of drug-likeness (QED) is 0.614. The van der Waals surface area contributed by atoms with Crippen molar-refractivity contribution in [2.45, 2.75) is 33.0 Å². The molecule has 0 aliphatic heterocycles. The van der Waals surface area contributed by atoms with E-state index in [1.54, 1.807) is 6.92 Å². The summed E-state index contributed by atoms with van der Waals surface area (Å²) in [5.74, 6) is -0.190. The molecule has 0 aliphatic carbocycles. The SMILES string of the molecule is CC(O)CNC(=O)COC(C)C. The highest BCUT2D eigenvalue weighted by Gasteiger charge is 2.03. The number of rotatable bonds is 5. The lowest BCUT2D eigenvalue weighted by atomic mass is 10.4. The Morgan fingerprint density at radius 3 is 2.50 bits per heavy atom. The van der Waals surface area contributed by atoms with Gasteiger partial charge >= 0.3 is 0 Å². The van der Waals surface area contributed by atoms with Gasteiger partial charge in [-0.1, -0.05) is 0 Å². The minimum Gasteiger partial charge on any atom is -0.392 e. The van der Waals surface area contributed by atoms with Crippen LogP contribution in [0.1, 0.15) is 20.8 Å². The molecule has 0 aromatic carbocycles. The summed E-state index contributed by atoms with van der Waals surface area (Å²) < 4.78 is 5.04. The minimum atomic E-state index is -0.506. The van der Waals surface area contributed by atoms with Crippen LogP contribution in [0.15, 0.2) is 0 Å². The summed E-state index contributed by atoms with van der Waals surface area (Å²) in [6.45, 7) is 5.68. The van der Waals surface area contributed by atoms with Crippen molar-refractivity contribution in [2.24, 2.45) is 0 Å². The third kappa shape index (κ3) is 7.50. The van der Waals surface area contributed by atoms with E-state index in [0.717, 1.165) is 0 Å². The van der Waals surface area contributed by atoms with Crippen molar-refractivity contribution < 1.29 is 14.6 Å². The lowest BCUT2D eigenvalue weighted by Crippen LogP contribution is -2.33. The summed E-state index contributed by atoms with van der Waals surface area (Å²) in [5.41, 5.74) is 0. The predicted molar refractivity (Wildman–Crippen MR) is 45.8 cm³/mol. The van der Waals surface area contributed by atoms with Crippen molar-refractivity contribution in [2.75, 3.05) is 13.2 Å². The molecule has 0 aromatic rings. The number of ether oxygens (including phenoxy) is 1. The number of hydrogen-bond donors (Lipinski definition) is 2. The second kappa shape index (κ2) is 5.97. The Kier molecular flexibility index (Phi) is 5.66. The summed E-state index contributed by atoms with van der Waals surface area (Å²) in [7, 11) is 0. The number of hydrogen-bond acceptors (Lipinski definition) is 3. The van der Waals surface area contributed by atoms with Crippen LogP contribution in [0, 0.1) is 0 Å². The lowest BCUT2D eigenvalue weighted by molar-refractivity contribution is -0.127. The zero-order valence-electron chi connectivity index (χ0n) is 7.83. The van der Waals surface area contributed by atoms with Crippen LogP contribution < -0.4 is 5.32 Å². The molecule has 0 saturated carbocycles. The molecule has 0 aliphatic rings. The van der Waals surface area contributed by atoms with E-state index in [1.165, 1.54) is 0 Å². The van der Waals surface area contributed by atoms with E-state index in [2.05, 4.69) is 5.32 Å². The molecule has 0 fully saturated rings. The predicted octanol–water partition coefficient (Wildman–Crippen LogP) is -0.0916. The van der Waals surface area contributed by atoms with Crippen molar-refractivity contribution in [3.63, 3.8) is 0 Å². The molecule has 0 radical (unpaired) electrons. The minimum absolute atomic E-state index is 0.0577. The first kappa shape index (κ1) is 11.4. The average molecular weight is 175 g/mol. The monoisotopic (exact) mass is 175 g/mol. The molecule has 4 heteroatoms. The van der Waals surface area contributed by atoms with Crippen LogP contribution >= 0.6 is 0 Å². The van der Waals surface area contributed by atoms with Gasteiger partial charge in [-0.15, -0.1) is 0 Å². The van der Waals surface area contributed by atoms with Crippen LogP contribution in [0.2, 0.25) is 0 Å². The fourth-order valence-electron chi connectivity index (χ4n) is 0.555. The smallest absolute Gasteiger partial charge is 0.246 e. The standard InChI is InChI=1S/C8H17NO3/c1-6(2)12-5-8(11)9-4-7(3)10/h6-7,10H,4-5H2,1-3H3,(H,9,11). The van der Waals surface area contributed by atoms with E-state index >= 15 is 0 Å². The number of carbonyl (C=O) groups excluding carboxylic acids is 1. The molecular formula is C8H17NO3. The Balaban J connectivity index is 3.34. The van der Waals surface area contributed by atoms with Crippen LogP contribution in [0.4, 0.5) is 0 Å². The molecule has 0 spiro atoms. The average Bonchev–Trinajstić information content (AvgIpc) is 1.96. The summed E-state index contributed by atoms with van der Waals surface area (Å²) in [6, 6.07) is 0. The zero-order valence-corrected chi connectivity index (χ0v) is 7.83. The Morgan fingerprint density at radius 1 is 1.50 bits per heavy atom. The molecule has 72 valence electrons. The molecule has 0 bridgehead atoms. The Hall–Kier alpha value is -0.610. The summed E-state index contributed by atoms with van der Waals surface area (Å²) >= 11 is 0. The van der Waals surface area contributed by atoms with Gasteiger partial charge in [-0.2, -0.15) is 0 Å². The Bertz CT molecular complexity index is 120. The highest BCUT2D eigenvalue weighted by molar-refractivity contribution is 5.77. The van der Waals surface area contributed by atoms with Crippen molar-refractivity contribution in [1.82, 2.24) is 5.32 Å². The largest absolute Gasteiger partial charge is 0.392 e. The van der Waals surface area contributed by atoms with Crippen LogP contribution in [-0.2, 0) is 9.53 Å². The fourth-order valence-corrected chi connectivity index (χ4v) is 0.555. The molecular weight excluding hydrogens is 158 g/mol. The van der Waals surface area contributed by atoms with E-state index in [9.17, 15) is 4.79 Å². The first-order valence-corrected chi connectivity index (χ1v) is 4.08. The second-order valence-electron chi connectivity index (χ2n) is 3.01. The van der Waals surface area contributed by atoms with Crippen molar-refractivity contribution in [3.8, 4) is 0 Å². The van der Waals surface area contributed by atoms with Gasteiger partial charge in [0.2, 0.25) is 5.91 Å². The highest BCUT2D eigenvalue weighted by Crippen LogP contribution is 1.86. The molecule has 1 atom stereocenters. The van der Waals surface area contributed by atoms with E-state index in [0.29, 0.717) is 0 Å². The maximum Gasteiger partial charge on any atom is 0.246 e. The van der Waals surface area contributed by atoms with Gasteiger partial charge in [0.1, 0.15) is 6.61 Å². The molecule has 0 heterocycles. The van der Waals surface area contributed by atoms with Gasteiger partial charge in [-0.25, -0.2) is 0 Å². The maximum absolute atomic E-state index is 10.9. The van der Waals surface area contributed by atoms with E-state index in [4.69, 9.17) is 9.84 Å². The molecule has 12 heavy (non-hydrogen) atoms. The van der Waals surface area contributed by atoms with Crippen molar-refractivity contribution >= 4 is 5.91 Å². The fraction of sp³-hybridized carbons (Fsp3) is 0.875. The number of carbonyl (C=O) groups is 1. The first-order valence-electron chi connectivity index (χ1n) is 4.08. The van der Waals surface area contributed by atoms with E-state index in [1.807, 2.05) is 13.8 Å². The number of amides is 1. The van der Waals surface area contributed by atoms with Gasteiger partial charge in [0.15, 0.2) is 0 Å². The van der Waals surface area contributed by atoms with Crippen LogP contribution in [0.25, 0.3) is 0 Å². The number of nitrogens with one attached hydrogen (secondary N) is 1. The Morgan fingerprint density at radius 2 is 2.08 bits per heavy atom. The third-order valence-electron chi connectivity index (χ3n) is 1.14. The normalized spacial score (nSPS) is 13.1. The third-order valence-corrected chi connectivity index (χ3v) is 1.14. The van der Waals surface area contributed by atoms with Crippen molar-refractivity contribution in [3.05, 3.63) is 0 Å². The van der Waals surface area contributed by atoms with Crippen LogP contribution in [0.5, 0.6) is 0 Å². The van der Waals surface area contributed by atoms with Gasteiger partial charge in [-0.05, 0) is 20.8 Å². The van der Waals surface area contributed by atoms with Gasteiger partial charge in [0.05, 0.1) is 12.2 Å². The van der Waals surface area contributed by atoms with E-state index < -0.39 is 6.10 Å².